The largest absolute Gasteiger partial charge is 0.478 e. The topological polar surface area (TPSA) is 177 Å². The van der Waals surface area contributed by atoms with Crippen molar-refractivity contribution in [3.05, 3.63) is 70.8 Å². The third-order valence-corrected chi connectivity index (χ3v) is 6.96. The van der Waals surface area contributed by atoms with E-state index in [-0.39, 0.29) is 61.2 Å². The van der Waals surface area contributed by atoms with E-state index in [1.54, 1.807) is 0 Å². The lowest BCUT2D eigenvalue weighted by Crippen LogP contribution is -2.41. The van der Waals surface area contributed by atoms with Crippen molar-refractivity contribution in [3.63, 3.8) is 0 Å². The standard InChI is InChI=1S/C28H32O11/c29-12-13-37-23(15-30)18-8-10-28(11-9-18,16-38-26(35)20-5-3-4-19(14-20)24(31)32)17-39-27(36)22-7-2-1-6-21(22)25(33)34/h1-7,14,18,23,29-30H,8-13,15-17H2,(H,31,32)(H,33,34). The number of carbonyl (C=O) groups excluding carboxylic acids is 2. The minimum Gasteiger partial charge on any atom is -0.478 e. The van der Waals surface area contributed by atoms with E-state index in [0.717, 1.165) is 0 Å². The molecule has 1 atom stereocenters. The van der Waals surface area contributed by atoms with Gasteiger partial charge in [0.1, 0.15) is 13.2 Å². The van der Waals surface area contributed by atoms with Crippen molar-refractivity contribution in [2.75, 3.05) is 33.0 Å². The molecule has 0 aromatic heterocycles. The molecule has 0 heterocycles. The van der Waals surface area contributed by atoms with Crippen LogP contribution in [0.4, 0.5) is 0 Å². The molecule has 2 aromatic carbocycles. The number of esters is 2. The van der Waals surface area contributed by atoms with Crippen molar-refractivity contribution < 1.29 is 53.8 Å². The molecule has 2 aromatic rings. The van der Waals surface area contributed by atoms with Crippen LogP contribution in [-0.4, -0.2) is 83.4 Å². The number of aliphatic hydroxyl groups excluding tert-OH is 2. The summed E-state index contributed by atoms with van der Waals surface area (Å²) in [6.07, 6.45) is 1.49. The molecule has 0 saturated heterocycles. The van der Waals surface area contributed by atoms with E-state index >= 15 is 0 Å². The molecule has 1 unspecified atom stereocenters. The lowest BCUT2D eigenvalue weighted by Gasteiger charge is -2.41. The Bertz CT molecular complexity index is 1170. The molecule has 0 amide bonds. The highest BCUT2D eigenvalue weighted by atomic mass is 16.5. The van der Waals surface area contributed by atoms with Crippen LogP contribution < -0.4 is 0 Å². The fourth-order valence-electron chi connectivity index (χ4n) is 4.72. The Balaban J connectivity index is 1.75. The lowest BCUT2D eigenvalue weighted by atomic mass is 9.70. The van der Waals surface area contributed by atoms with E-state index < -0.39 is 35.4 Å². The molecule has 0 radical (unpaired) electrons. The molecular formula is C28H32O11. The van der Waals surface area contributed by atoms with E-state index in [9.17, 15) is 34.5 Å². The van der Waals surface area contributed by atoms with Crippen molar-refractivity contribution in [2.24, 2.45) is 11.3 Å². The predicted molar refractivity (Wildman–Crippen MR) is 136 cm³/mol. The van der Waals surface area contributed by atoms with E-state index in [1.807, 2.05) is 0 Å². The maximum atomic E-state index is 12.8. The lowest BCUT2D eigenvalue weighted by molar-refractivity contribution is -0.0707. The fourth-order valence-corrected chi connectivity index (χ4v) is 4.72. The Hall–Kier alpha value is -3.80. The van der Waals surface area contributed by atoms with E-state index in [1.165, 1.54) is 48.5 Å². The van der Waals surface area contributed by atoms with Gasteiger partial charge in [-0.3, -0.25) is 0 Å². The van der Waals surface area contributed by atoms with Crippen molar-refractivity contribution in [1.82, 2.24) is 0 Å². The van der Waals surface area contributed by atoms with Gasteiger partial charge in [0, 0.05) is 5.41 Å². The average molecular weight is 545 g/mol. The van der Waals surface area contributed by atoms with Gasteiger partial charge < -0.3 is 34.6 Å². The number of carboxylic acids is 2. The second-order valence-electron chi connectivity index (χ2n) is 9.54. The van der Waals surface area contributed by atoms with Crippen LogP contribution in [0.5, 0.6) is 0 Å². The first-order valence-corrected chi connectivity index (χ1v) is 12.5. The maximum absolute atomic E-state index is 12.8. The number of benzene rings is 2. The second kappa shape index (κ2) is 13.8. The van der Waals surface area contributed by atoms with Crippen molar-refractivity contribution >= 4 is 23.9 Å². The quantitative estimate of drug-likeness (QED) is 0.273. The fraction of sp³-hybridized carbons (Fsp3) is 0.429. The molecule has 1 fully saturated rings. The predicted octanol–water partition coefficient (Wildman–Crippen LogP) is 2.64. The van der Waals surface area contributed by atoms with Gasteiger partial charge in [-0.05, 0) is 61.9 Å². The van der Waals surface area contributed by atoms with Gasteiger partial charge in [0.2, 0.25) is 0 Å². The average Bonchev–Trinajstić information content (AvgIpc) is 2.96. The highest BCUT2D eigenvalue weighted by Gasteiger charge is 2.40. The minimum atomic E-state index is -1.27. The van der Waals surface area contributed by atoms with Crippen LogP contribution in [0.25, 0.3) is 0 Å². The third kappa shape index (κ3) is 7.85. The summed E-state index contributed by atoms with van der Waals surface area (Å²) < 4.78 is 16.7. The number of carbonyl (C=O) groups is 4. The van der Waals surface area contributed by atoms with Crippen LogP contribution in [0.2, 0.25) is 0 Å². The molecule has 3 rings (SSSR count). The zero-order chi connectivity index (χ0) is 28.4. The molecule has 4 N–H and O–H groups in total. The summed E-state index contributed by atoms with van der Waals surface area (Å²) in [7, 11) is 0. The Morgan fingerprint density at radius 3 is 2.03 bits per heavy atom. The monoisotopic (exact) mass is 544 g/mol. The third-order valence-electron chi connectivity index (χ3n) is 6.96. The number of aromatic carboxylic acids is 2. The highest BCUT2D eigenvalue weighted by molar-refractivity contribution is 6.02. The van der Waals surface area contributed by atoms with E-state index in [4.69, 9.17) is 19.3 Å². The molecular weight excluding hydrogens is 512 g/mol. The molecule has 210 valence electrons. The number of carboxylic acid groups (broad SMARTS) is 2. The smallest absolute Gasteiger partial charge is 0.339 e. The number of rotatable bonds is 13. The van der Waals surface area contributed by atoms with E-state index in [0.29, 0.717) is 25.7 Å². The molecule has 1 saturated carbocycles. The maximum Gasteiger partial charge on any atom is 0.339 e. The molecule has 11 heteroatoms. The van der Waals surface area contributed by atoms with Gasteiger partial charge in [0.05, 0.1) is 48.2 Å². The molecule has 11 nitrogen and oxygen atoms in total. The van der Waals surface area contributed by atoms with Crippen LogP contribution in [-0.2, 0) is 14.2 Å². The highest BCUT2D eigenvalue weighted by Crippen LogP contribution is 2.41. The Morgan fingerprint density at radius 1 is 0.821 bits per heavy atom. The molecule has 0 spiro atoms. The summed E-state index contributed by atoms with van der Waals surface area (Å²) in [5.74, 6) is -4.06. The number of hydrogen-bond donors (Lipinski definition) is 4. The zero-order valence-corrected chi connectivity index (χ0v) is 21.3. The Labute approximate surface area is 224 Å². The molecule has 0 bridgehead atoms. The summed E-state index contributed by atoms with van der Waals surface area (Å²) in [5, 5.41) is 37.4. The van der Waals surface area contributed by atoms with Crippen LogP contribution in [0.1, 0.15) is 67.1 Å². The summed E-state index contributed by atoms with van der Waals surface area (Å²) in [6, 6.07) is 11.1. The number of hydrogen-bond acceptors (Lipinski definition) is 9. The van der Waals surface area contributed by atoms with Gasteiger partial charge in [-0.15, -0.1) is 0 Å². The zero-order valence-electron chi connectivity index (χ0n) is 21.3. The number of aliphatic hydroxyl groups is 2. The molecule has 39 heavy (non-hydrogen) atoms. The van der Waals surface area contributed by atoms with Crippen LogP contribution >= 0.6 is 0 Å². The van der Waals surface area contributed by atoms with Crippen LogP contribution in [0, 0.1) is 11.3 Å². The van der Waals surface area contributed by atoms with Gasteiger partial charge in [-0.1, -0.05) is 18.2 Å². The molecule has 1 aliphatic rings. The van der Waals surface area contributed by atoms with Crippen molar-refractivity contribution in [2.45, 2.75) is 31.8 Å². The van der Waals surface area contributed by atoms with Gasteiger partial charge in [0.15, 0.2) is 0 Å². The summed E-state index contributed by atoms with van der Waals surface area (Å²) >= 11 is 0. The van der Waals surface area contributed by atoms with Crippen molar-refractivity contribution in [1.29, 1.82) is 0 Å². The number of ether oxygens (including phenoxy) is 3. The van der Waals surface area contributed by atoms with Gasteiger partial charge in [-0.25, -0.2) is 19.2 Å². The molecule has 1 aliphatic carbocycles. The van der Waals surface area contributed by atoms with Gasteiger partial charge in [0.25, 0.3) is 0 Å². The summed E-state index contributed by atoms with van der Waals surface area (Å²) in [5.41, 5.74) is -1.11. The van der Waals surface area contributed by atoms with E-state index in [2.05, 4.69) is 0 Å². The van der Waals surface area contributed by atoms with Crippen molar-refractivity contribution in [3.8, 4) is 0 Å². The van der Waals surface area contributed by atoms with Gasteiger partial charge in [-0.2, -0.15) is 0 Å². The van der Waals surface area contributed by atoms with Crippen LogP contribution in [0.3, 0.4) is 0 Å². The summed E-state index contributed by atoms with van der Waals surface area (Å²) in [6.45, 7) is -0.616. The Kier molecular flexibility index (Phi) is 10.6. The van der Waals surface area contributed by atoms with Gasteiger partial charge >= 0.3 is 23.9 Å². The normalized spacial score (nSPS) is 19.6. The second-order valence-corrected chi connectivity index (χ2v) is 9.54. The molecule has 0 aliphatic heterocycles. The Morgan fingerprint density at radius 2 is 1.44 bits per heavy atom. The first-order chi connectivity index (χ1) is 18.7. The first-order valence-electron chi connectivity index (χ1n) is 12.5. The summed E-state index contributed by atoms with van der Waals surface area (Å²) in [4.78, 5) is 48.4. The first kappa shape index (κ1) is 29.8. The van der Waals surface area contributed by atoms with Crippen LogP contribution in [0.15, 0.2) is 48.5 Å². The minimum absolute atomic E-state index is 0.0407. The SMILES string of the molecule is O=C(O)c1cccc(C(=O)OCC2(COC(=O)c3ccccc3C(=O)O)CCC(C(CO)OCCO)CC2)c1.